The number of anilines is 2. The van der Waals surface area contributed by atoms with E-state index in [2.05, 4.69) is 36.4 Å². The lowest BCUT2D eigenvalue weighted by Crippen LogP contribution is -2.15. The maximum Gasteiger partial charge on any atom is 0.257 e. The predicted molar refractivity (Wildman–Crippen MR) is 89.5 cm³/mol. The minimum atomic E-state index is -0.120. The number of amides is 1. The first-order valence-corrected chi connectivity index (χ1v) is 7.75. The molecule has 2 N–H and O–H groups in total. The highest BCUT2D eigenvalue weighted by Gasteiger charge is 2.18. The number of aromatic nitrogens is 1. The van der Waals surface area contributed by atoms with Crippen molar-refractivity contribution in [3.63, 3.8) is 0 Å². The van der Waals surface area contributed by atoms with Gasteiger partial charge < -0.3 is 5.32 Å². The van der Waals surface area contributed by atoms with E-state index in [1.54, 1.807) is 0 Å². The average Bonchev–Trinajstić information content (AvgIpc) is 2.86. The van der Waals surface area contributed by atoms with Crippen LogP contribution in [0.15, 0.2) is 23.6 Å². The summed E-state index contributed by atoms with van der Waals surface area (Å²) in [6.45, 7) is 8.25. The van der Waals surface area contributed by atoms with Gasteiger partial charge in [-0.05, 0) is 30.7 Å². The molecule has 2 rings (SSSR count). The van der Waals surface area contributed by atoms with Crippen molar-refractivity contribution in [3.05, 3.63) is 40.4 Å². The Balaban J connectivity index is 2.16. The number of thiazole rings is 1. The smallest absolute Gasteiger partial charge is 0.257 e. The Morgan fingerprint density at radius 3 is 2.52 bits per heavy atom. The Hall–Kier alpha value is -1.88. The fourth-order valence-electron chi connectivity index (χ4n) is 1.91. The normalized spacial score (nSPS) is 11.3. The van der Waals surface area contributed by atoms with E-state index in [-0.39, 0.29) is 11.3 Å². The standard InChI is InChI=1S/C16H21N3OS/c1-10-8-11(17-5)6-7-12(10)14(20)19-15-18-13(9-21-15)16(2,3)4/h6-9,17H,1-5H3,(H,18,19,20). The zero-order valence-corrected chi connectivity index (χ0v) is 13.9. The van der Waals surface area contributed by atoms with E-state index >= 15 is 0 Å². The van der Waals surface area contributed by atoms with Crippen molar-refractivity contribution in [3.8, 4) is 0 Å². The maximum absolute atomic E-state index is 12.3. The van der Waals surface area contributed by atoms with Crippen LogP contribution >= 0.6 is 11.3 Å². The first-order chi connectivity index (χ1) is 9.81. The van der Waals surface area contributed by atoms with Crippen molar-refractivity contribution in [1.82, 2.24) is 4.98 Å². The summed E-state index contributed by atoms with van der Waals surface area (Å²) in [5.41, 5.74) is 3.58. The third-order valence-corrected chi connectivity index (χ3v) is 4.01. The van der Waals surface area contributed by atoms with Gasteiger partial charge in [-0.1, -0.05) is 20.8 Å². The molecule has 0 aliphatic rings. The molecule has 0 radical (unpaired) electrons. The second-order valence-corrected chi connectivity index (χ2v) is 6.88. The van der Waals surface area contributed by atoms with E-state index in [9.17, 15) is 4.79 Å². The third-order valence-electron chi connectivity index (χ3n) is 3.25. The Morgan fingerprint density at radius 1 is 1.29 bits per heavy atom. The monoisotopic (exact) mass is 303 g/mol. The van der Waals surface area contributed by atoms with Crippen LogP contribution in [0.1, 0.15) is 42.4 Å². The van der Waals surface area contributed by atoms with Crippen LogP contribution in [-0.2, 0) is 5.41 Å². The molecule has 0 bridgehead atoms. The van der Waals surface area contributed by atoms with Gasteiger partial charge in [0.1, 0.15) is 0 Å². The lowest BCUT2D eigenvalue weighted by Gasteiger charge is -2.14. The Kier molecular flexibility index (Phi) is 4.32. The largest absolute Gasteiger partial charge is 0.388 e. The molecule has 1 heterocycles. The molecule has 21 heavy (non-hydrogen) atoms. The van der Waals surface area contributed by atoms with Crippen LogP contribution in [0.2, 0.25) is 0 Å². The fourth-order valence-corrected chi connectivity index (χ4v) is 2.85. The summed E-state index contributed by atoms with van der Waals surface area (Å²) in [6, 6.07) is 5.68. The SMILES string of the molecule is CNc1ccc(C(=O)Nc2nc(C(C)(C)C)cs2)c(C)c1. The molecule has 1 aromatic heterocycles. The number of rotatable bonds is 3. The van der Waals surface area contributed by atoms with E-state index in [0.717, 1.165) is 16.9 Å². The highest BCUT2D eigenvalue weighted by molar-refractivity contribution is 7.14. The minimum absolute atomic E-state index is 0.0101. The predicted octanol–water partition coefficient (Wildman–Crippen LogP) is 4.04. The lowest BCUT2D eigenvalue weighted by atomic mass is 9.93. The van der Waals surface area contributed by atoms with Crippen LogP contribution in [0.25, 0.3) is 0 Å². The van der Waals surface area contributed by atoms with E-state index in [4.69, 9.17) is 0 Å². The molecule has 0 saturated heterocycles. The molecular formula is C16H21N3OS. The van der Waals surface area contributed by atoms with Crippen molar-refractivity contribution in [2.45, 2.75) is 33.1 Å². The number of carbonyl (C=O) groups excluding carboxylic acids is 1. The molecule has 2 aromatic rings. The summed E-state index contributed by atoms with van der Waals surface area (Å²) in [5.74, 6) is -0.120. The molecule has 1 aromatic carbocycles. The summed E-state index contributed by atoms with van der Waals surface area (Å²) < 4.78 is 0. The van der Waals surface area contributed by atoms with Crippen LogP contribution in [0.4, 0.5) is 10.8 Å². The third kappa shape index (κ3) is 3.61. The Morgan fingerprint density at radius 2 is 2.00 bits per heavy atom. The number of nitrogens with one attached hydrogen (secondary N) is 2. The average molecular weight is 303 g/mol. The second kappa shape index (κ2) is 5.85. The van der Waals surface area contributed by atoms with Crippen LogP contribution in [-0.4, -0.2) is 17.9 Å². The van der Waals surface area contributed by atoms with E-state index < -0.39 is 0 Å². The van der Waals surface area contributed by atoms with E-state index in [1.807, 2.05) is 37.6 Å². The quantitative estimate of drug-likeness (QED) is 0.899. The van der Waals surface area contributed by atoms with Crippen molar-refractivity contribution in [1.29, 1.82) is 0 Å². The van der Waals surface area contributed by atoms with Gasteiger partial charge in [0.25, 0.3) is 5.91 Å². The summed E-state index contributed by atoms with van der Waals surface area (Å²) in [5, 5.41) is 8.57. The first-order valence-electron chi connectivity index (χ1n) is 6.87. The van der Waals surface area contributed by atoms with Gasteiger partial charge in [0, 0.05) is 29.1 Å². The van der Waals surface area contributed by atoms with Gasteiger partial charge in [0.05, 0.1) is 5.69 Å². The van der Waals surface area contributed by atoms with E-state index in [0.29, 0.717) is 10.7 Å². The van der Waals surface area contributed by atoms with Gasteiger partial charge in [0.15, 0.2) is 5.13 Å². The molecular weight excluding hydrogens is 282 g/mol. The lowest BCUT2D eigenvalue weighted by molar-refractivity contribution is 0.102. The van der Waals surface area contributed by atoms with Gasteiger partial charge in [-0.15, -0.1) is 11.3 Å². The molecule has 0 saturated carbocycles. The fraction of sp³-hybridized carbons (Fsp3) is 0.375. The summed E-state index contributed by atoms with van der Waals surface area (Å²) in [6.07, 6.45) is 0. The van der Waals surface area contributed by atoms with Crippen LogP contribution in [0, 0.1) is 6.92 Å². The molecule has 0 atom stereocenters. The minimum Gasteiger partial charge on any atom is -0.388 e. The molecule has 0 spiro atoms. The molecule has 1 amide bonds. The van der Waals surface area contributed by atoms with Gasteiger partial charge in [-0.3, -0.25) is 10.1 Å². The Bertz CT molecular complexity index is 656. The highest BCUT2D eigenvalue weighted by atomic mass is 32.1. The number of aryl methyl sites for hydroxylation is 1. The number of carbonyl (C=O) groups is 1. The summed E-state index contributed by atoms with van der Waals surface area (Å²) in [7, 11) is 1.86. The molecule has 112 valence electrons. The number of nitrogens with zero attached hydrogens (tertiary/aromatic N) is 1. The Labute approximate surface area is 129 Å². The highest BCUT2D eigenvalue weighted by Crippen LogP contribution is 2.27. The maximum atomic E-state index is 12.3. The zero-order chi connectivity index (χ0) is 15.6. The summed E-state index contributed by atoms with van der Waals surface area (Å²) in [4.78, 5) is 16.8. The van der Waals surface area contributed by atoms with Crippen molar-refractivity contribution >= 4 is 28.1 Å². The molecule has 0 fully saturated rings. The van der Waals surface area contributed by atoms with Gasteiger partial charge >= 0.3 is 0 Å². The first kappa shape index (κ1) is 15.5. The zero-order valence-electron chi connectivity index (χ0n) is 13.1. The number of benzene rings is 1. The molecule has 0 aliphatic heterocycles. The topological polar surface area (TPSA) is 54.0 Å². The number of hydrogen-bond donors (Lipinski definition) is 2. The molecule has 5 heteroatoms. The van der Waals surface area contributed by atoms with Crippen molar-refractivity contribution < 1.29 is 4.79 Å². The molecule has 0 aliphatic carbocycles. The number of hydrogen-bond acceptors (Lipinski definition) is 4. The van der Waals surface area contributed by atoms with Gasteiger partial charge in [0.2, 0.25) is 0 Å². The second-order valence-electron chi connectivity index (χ2n) is 6.02. The van der Waals surface area contributed by atoms with E-state index in [1.165, 1.54) is 11.3 Å². The van der Waals surface area contributed by atoms with Crippen LogP contribution in [0.5, 0.6) is 0 Å². The summed E-state index contributed by atoms with van der Waals surface area (Å²) >= 11 is 1.46. The van der Waals surface area contributed by atoms with Crippen LogP contribution < -0.4 is 10.6 Å². The van der Waals surface area contributed by atoms with Crippen molar-refractivity contribution in [2.24, 2.45) is 0 Å². The van der Waals surface area contributed by atoms with Crippen LogP contribution in [0.3, 0.4) is 0 Å². The van der Waals surface area contributed by atoms with Gasteiger partial charge in [-0.2, -0.15) is 0 Å². The molecule has 0 unspecified atom stereocenters. The molecule has 4 nitrogen and oxygen atoms in total. The van der Waals surface area contributed by atoms with Gasteiger partial charge in [-0.25, -0.2) is 4.98 Å². The van der Waals surface area contributed by atoms with Crippen molar-refractivity contribution in [2.75, 3.05) is 17.7 Å².